The zero-order valence-corrected chi connectivity index (χ0v) is 11.3. The molecule has 0 unspecified atom stereocenters. The lowest BCUT2D eigenvalue weighted by molar-refractivity contribution is 0.595. The number of halogens is 2. The molecule has 0 radical (unpaired) electrons. The number of nitrogens with zero attached hydrogens (tertiary/aromatic N) is 1. The standard InChI is InChI=1S/C10H13BrFNO2S/c1-16(14,15)13(8-2-7-11)10-5-3-9(12)4-6-10/h3-6H,2,7-8H2,1H3. The first-order chi connectivity index (χ1) is 7.45. The minimum atomic E-state index is -3.31. The molecule has 0 saturated carbocycles. The van der Waals surface area contributed by atoms with Gasteiger partial charge < -0.3 is 0 Å². The van der Waals surface area contributed by atoms with E-state index < -0.39 is 10.0 Å². The maximum Gasteiger partial charge on any atom is 0.232 e. The highest BCUT2D eigenvalue weighted by Gasteiger charge is 2.16. The van der Waals surface area contributed by atoms with Crippen molar-refractivity contribution < 1.29 is 12.8 Å². The third-order valence-electron chi connectivity index (χ3n) is 2.01. The molecule has 0 fully saturated rings. The molecule has 0 atom stereocenters. The highest BCUT2D eigenvalue weighted by Crippen LogP contribution is 2.18. The lowest BCUT2D eigenvalue weighted by Crippen LogP contribution is -2.31. The molecule has 0 heterocycles. The second-order valence-electron chi connectivity index (χ2n) is 3.35. The Kier molecular flexibility index (Phi) is 4.73. The van der Waals surface area contributed by atoms with Gasteiger partial charge in [-0.1, -0.05) is 15.9 Å². The second kappa shape index (κ2) is 5.63. The van der Waals surface area contributed by atoms with E-state index in [1.54, 1.807) is 0 Å². The summed E-state index contributed by atoms with van der Waals surface area (Å²) in [5, 5.41) is 0.722. The van der Waals surface area contributed by atoms with Crippen molar-refractivity contribution in [1.82, 2.24) is 0 Å². The zero-order chi connectivity index (χ0) is 12.2. The molecule has 1 rings (SSSR count). The predicted molar refractivity (Wildman–Crippen MR) is 67.0 cm³/mol. The molecule has 0 aliphatic carbocycles. The molecule has 1 aromatic rings. The van der Waals surface area contributed by atoms with E-state index in [1.807, 2.05) is 0 Å². The van der Waals surface area contributed by atoms with Crippen molar-refractivity contribution in [3.8, 4) is 0 Å². The molecule has 0 amide bonds. The van der Waals surface area contributed by atoms with Crippen LogP contribution < -0.4 is 4.31 Å². The molecule has 90 valence electrons. The van der Waals surface area contributed by atoms with Crippen LogP contribution in [0.2, 0.25) is 0 Å². The summed E-state index contributed by atoms with van der Waals surface area (Å²) < 4.78 is 37.1. The van der Waals surface area contributed by atoms with E-state index in [1.165, 1.54) is 28.6 Å². The highest BCUT2D eigenvalue weighted by molar-refractivity contribution is 9.09. The Bertz CT molecular complexity index is 433. The van der Waals surface area contributed by atoms with Crippen molar-refractivity contribution >= 4 is 31.6 Å². The predicted octanol–water partition coefficient (Wildman–Crippen LogP) is 2.38. The van der Waals surface area contributed by atoms with Gasteiger partial charge in [0.1, 0.15) is 5.82 Å². The third-order valence-corrected chi connectivity index (χ3v) is 3.76. The van der Waals surface area contributed by atoms with E-state index in [-0.39, 0.29) is 5.82 Å². The van der Waals surface area contributed by atoms with Gasteiger partial charge in [-0.3, -0.25) is 4.31 Å². The average molecular weight is 310 g/mol. The Hall–Kier alpha value is -0.620. The van der Waals surface area contributed by atoms with Gasteiger partial charge in [0, 0.05) is 11.9 Å². The van der Waals surface area contributed by atoms with Gasteiger partial charge in [0.05, 0.1) is 11.9 Å². The fourth-order valence-electron chi connectivity index (χ4n) is 1.30. The normalized spacial score (nSPS) is 11.4. The first-order valence-corrected chi connectivity index (χ1v) is 7.71. The van der Waals surface area contributed by atoms with Crippen molar-refractivity contribution in [2.75, 3.05) is 22.4 Å². The molecule has 0 bridgehead atoms. The summed E-state index contributed by atoms with van der Waals surface area (Å²) in [6.07, 6.45) is 1.84. The van der Waals surface area contributed by atoms with Crippen molar-refractivity contribution in [2.24, 2.45) is 0 Å². The number of rotatable bonds is 5. The van der Waals surface area contributed by atoms with Gasteiger partial charge in [0.2, 0.25) is 10.0 Å². The number of benzene rings is 1. The van der Waals surface area contributed by atoms with Crippen LogP contribution in [-0.2, 0) is 10.0 Å². The Morgan fingerprint density at radius 3 is 2.31 bits per heavy atom. The largest absolute Gasteiger partial charge is 0.270 e. The summed E-state index contributed by atoms with van der Waals surface area (Å²) in [4.78, 5) is 0. The summed E-state index contributed by atoms with van der Waals surface area (Å²) in [5.74, 6) is -0.377. The number of alkyl halides is 1. The molecule has 0 N–H and O–H groups in total. The third kappa shape index (κ3) is 3.75. The van der Waals surface area contributed by atoms with Crippen LogP contribution in [0.4, 0.5) is 10.1 Å². The van der Waals surface area contributed by atoms with Crippen LogP contribution in [0.5, 0.6) is 0 Å². The quantitative estimate of drug-likeness (QED) is 0.783. The van der Waals surface area contributed by atoms with E-state index in [0.29, 0.717) is 18.7 Å². The van der Waals surface area contributed by atoms with Crippen molar-refractivity contribution in [3.63, 3.8) is 0 Å². The number of hydrogen-bond acceptors (Lipinski definition) is 2. The monoisotopic (exact) mass is 309 g/mol. The van der Waals surface area contributed by atoms with Crippen LogP contribution in [0, 0.1) is 5.82 Å². The van der Waals surface area contributed by atoms with E-state index in [2.05, 4.69) is 15.9 Å². The molecule has 6 heteroatoms. The SMILES string of the molecule is CS(=O)(=O)N(CCCBr)c1ccc(F)cc1. The highest BCUT2D eigenvalue weighted by atomic mass is 79.9. The van der Waals surface area contributed by atoms with Crippen LogP contribution in [-0.4, -0.2) is 26.5 Å². The fraction of sp³-hybridized carbons (Fsp3) is 0.400. The molecule has 0 aliphatic rings. The fourth-order valence-corrected chi connectivity index (χ4v) is 2.51. The van der Waals surface area contributed by atoms with Crippen molar-refractivity contribution in [3.05, 3.63) is 30.1 Å². The maximum atomic E-state index is 12.7. The molecule has 0 aromatic heterocycles. The van der Waals surface area contributed by atoms with Crippen LogP contribution in [0.1, 0.15) is 6.42 Å². The molecule has 0 saturated heterocycles. The van der Waals surface area contributed by atoms with Crippen molar-refractivity contribution in [2.45, 2.75) is 6.42 Å². The summed E-state index contributed by atoms with van der Waals surface area (Å²) in [6, 6.07) is 5.43. The molecule has 3 nitrogen and oxygen atoms in total. The minimum absolute atomic E-state index is 0.377. The first-order valence-electron chi connectivity index (χ1n) is 4.74. The smallest absolute Gasteiger partial charge is 0.232 e. The van der Waals surface area contributed by atoms with Gasteiger partial charge in [0.15, 0.2) is 0 Å². The number of sulfonamides is 1. The van der Waals surface area contributed by atoms with Gasteiger partial charge in [-0.05, 0) is 30.7 Å². The lowest BCUT2D eigenvalue weighted by Gasteiger charge is -2.21. The van der Waals surface area contributed by atoms with Gasteiger partial charge >= 0.3 is 0 Å². The van der Waals surface area contributed by atoms with E-state index >= 15 is 0 Å². The summed E-state index contributed by atoms with van der Waals surface area (Å²) >= 11 is 3.25. The molecule has 16 heavy (non-hydrogen) atoms. The van der Waals surface area contributed by atoms with E-state index in [0.717, 1.165) is 11.6 Å². The first kappa shape index (κ1) is 13.4. The Morgan fingerprint density at radius 1 is 1.31 bits per heavy atom. The zero-order valence-electron chi connectivity index (χ0n) is 8.86. The van der Waals surface area contributed by atoms with E-state index in [4.69, 9.17) is 0 Å². The molecular weight excluding hydrogens is 297 g/mol. The number of hydrogen-bond donors (Lipinski definition) is 0. The molecule has 1 aromatic carbocycles. The van der Waals surface area contributed by atoms with Crippen LogP contribution in [0.25, 0.3) is 0 Å². The molecular formula is C10H13BrFNO2S. The van der Waals surface area contributed by atoms with Crippen LogP contribution in [0.15, 0.2) is 24.3 Å². The number of anilines is 1. The van der Waals surface area contributed by atoms with Crippen molar-refractivity contribution in [1.29, 1.82) is 0 Å². The van der Waals surface area contributed by atoms with Gasteiger partial charge in [-0.15, -0.1) is 0 Å². The average Bonchev–Trinajstić information content (AvgIpc) is 2.19. The Morgan fingerprint density at radius 2 is 1.88 bits per heavy atom. The summed E-state index contributed by atoms with van der Waals surface area (Å²) in [7, 11) is -3.31. The molecule has 0 aliphatic heterocycles. The summed E-state index contributed by atoms with van der Waals surface area (Å²) in [5.41, 5.74) is 0.491. The van der Waals surface area contributed by atoms with E-state index in [9.17, 15) is 12.8 Å². The Labute approximate surface area is 103 Å². The topological polar surface area (TPSA) is 37.4 Å². The van der Waals surface area contributed by atoms with Gasteiger partial charge in [-0.2, -0.15) is 0 Å². The second-order valence-corrected chi connectivity index (χ2v) is 6.05. The Balaban J connectivity index is 2.97. The van der Waals surface area contributed by atoms with Gasteiger partial charge in [0.25, 0.3) is 0 Å². The van der Waals surface area contributed by atoms with Crippen LogP contribution in [0.3, 0.4) is 0 Å². The molecule has 0 spiro atoms. The maximum absolute atomic E-state index is 12.7. The minimum Gasteiger partial charge on any atom is -0.270 e. The van der Waals surface area contributed by atoms with Crippen LogP contribution >= 0.6 is 15.9 Å². The van der Waals surface area contributed by atoms with Gasteiger partial charge in [-0.25, -0.2) is 12.8 Å². The lowest BCUT2D eigenvalue weighted by atomic mass is 10.3. The summed E-state index contributed by atoms with van der Waals surface area (Å²) in [6.45, 7) is 0.385.